The van der Waals surface area contributed by atoms with Crippen LogP contribution < -0.4 is 5.32 Å². The van der Waals surface area contributed by atoms with Crippen LogP contribution in [0.2, 0.25) is 0 Å². The molecule has 0 saturated carbocycles. The van der Waals surface area contributed by atoms with Gasteiger partial charge in [-0.3, -0.25) is 4.79 Å². The Balaban J connectivity index is 0.00000240. The first-order valence-corrected chi connectivity index (χ1v) is 9.67. The molecule has 7 nitrogen and oxygen atoms in total. The quantitative estimate of drug-likeness (QED) is 0.323. The molecule has 8 heteroatoms. The van der Waals surface area contributed by atoms with E-state index < -0.39 is 0 Å². The van der Waals surface area contributed by atoms with Crippen LogP contribution >= 0.6 is 24.0 Å². The first-order chi connectivity index (χ1) is 13.7. The number of fused-ring (bicyclic) bond motifs is 1. The number of para-hydroxylation sites is 1. The van der Waals surface area contributed by atoms with Gasteiger partial charge >= 0.3 is 0 Å². The number of H-pyrrole nitrogens is 1. The summed E-state index contributed by atoms with van der Waals surface area (Å²) in [6.45, 7) is 6.23. The molecule has 1 aliphatic heterocycles. The van der Waals surface area contributed by atoms with Crippen LogP contribution in [0, 0.1) is 0 Å². The highest BCUT2D eigenvalue weighted by Gasteiger charge is 2.25. The minimum atomic E-state index is -0.0512. The Labute approximate surface area is 187 Å². The zero-order valence-corrected chi connectivity index (χ0v) is 18.8. The number of aromatic amines is 1. The average molecular weight is 507 g/mol. The molecule has 2 aromatic heterocycles. The standard InChI is InChI=1S/C21H25N5O2.HI/c1-2-22-21(23-15-17-14-16-6-3-4-7-18(16)24-17)26-11-9-25(10-12-26)20(27)19-8-5-13-28-19;/h3-8,13-14,24H,2,9-12,15H2,1H3,(H,22,23);1H. The molecule has 0 atom stereocenters. The van der Waals surface area contributed by atoms with E-state index in [2.05, 4.69) is 40.3 Å². The van der Waals surface area contributed by atoms with Crippen LogP contribution in [0.15, 0.2) is 58.1 Å². The number of carbonyl (C=O) groups is 1. The molecule has 2 N–H and O–H groups in total. The molecule has 3 aromatic rings. The van der Waals surface area contributed by atoms with E-state index in [4.69, 9.17) is 9.41 Å². The Morgan fingerprint density at radius 1 is 1.14 bits per heavy atom. The van der Waals surface area contributed by atoms with Gasteiger partial charge in [0.1, 0.15) is 0 Å². The molecule has 4 rings (SSSR count). The molecule has 0 bridgehead atoms. The van der Waals surface area contributed by atoms with Crippen molar-refractivity contribution in [2.45, 2.75) is 13.5 Å². The van der Waals surface area contributed by atoms with E-state index in [-0.39, 0.29) is 29.9 Å². The van der Waals surface area contributed by atoms with Crippen LogP contribution in [0.5, 0.6) is 0 Å². The fourth-order valence-corrected chi connectivity index (χ4v) is 3.48. The van der Waals surface area contributed by atoms with Crippen molar-refractivity contribution in [3.63, 3.8) is 0 Å². The topological polar surface area (TPSA) is 76.9 Å². The lowest BCUT2D eigenvalue weighted by Gasteiger charge is -2.36. The second kappa shape index (κ2) is 9.82. The number of aliphatic imine (C=N–C) groups is 1. The van der Waals surface area contributed by atoms with Gasteiger partial charge in [-0.2, -0.15) is 0 Å². The number of nitrogens with one attached hydrogen (secondary N) is 2. The van der Waals surface area contributed by atoms with Gasteiger partial charge in [0.05, 0.1) is 12.8 Å². The Morgan fingerprint density at radius 2 is 1.90 bits per heavy atom. The number of carbonyl (C=O) groups excluding carboxylic acids is 1. The number of hydrogen-bond donors (Lipinski definition) is 2. The molecule has 29 heavy (non-hydrogen) atoms. The minimum absolute atomic E-state index is 0. The van der Waals surface area contributed by atoms with Gasteiger partial charge in [-0.1, -0.05) is 18.2 Å². The van der Waals surface area contributed by atoms with Gasteiger partial charge in [0, 0.05) is 43.9 Å². The zero-order valence-electron chi connectivity index (χ0n) is 16.4. The monoisotopic (exact) mass is 507 g/mol. The summed E-state index contributed by atoms with van der Waals surface area (Å²) in [7, 11) is 0. The van der Waals surface area contributed by atoms with Crippen molar-refractivity contribution >= 4 is 46.7 Å². The third kappa shape index (κ3) is 4.92. The number of halogens is 1. The Kier molecular flexibility index (Phi) is 7.18. The number of rotatable bonds is 4. The molecular weight excluding hydrogens is 481 g/mol. The van der Waals surface area contributed by atoms with Crippen molar-refractivity contribution in [1.29, 1.82) is 0 Å². The zero-order chi connectivity index (χ0) is 19.3. The third-order valence-electron chi connectivity index (χ3n) is 4.92. The van der Waals surface area contributed by atoms with Crippen LogP contribution in [0.4, 0.5) is 0 Å². The van der Waals surface area contributed by atoms with E-state index >= 15 is 0 Å². The molecule has 0 spiro atoms. The van der Waals surface area contributed by atoms with Crippen LogP contribution in [0.3, 0.4) is 0 Å². The second-order valence-electron chi connectivity index (χ2n) is 6.81. The number of hydrogen-bond acceptors (Lipinski definition) is 3. The fraction of sp³-hybridized carbons (Fsp3) is 0.333. The van der Waals surface area contributed by atoms with Crippen molar-refractivity contribution in [1.82, 2.24) is 20.1 Å². The number of furan rings is 1. The summed E-state index contributed by atoms with van der Waals surface area (Å²) in [5.74, 6) is 1.23. The molecular formula is C21H26IN5O2. The van der Waals surface area contributed by atoms with Gasteiger partial charge in [-0.25, -0.2) is 4.99 Å². The molecule has 1 aromatic carbocycles. The minimum Gasteiger partial charge on any atom is -0.459 e. The molecule has 0 radical (unpaired) electrons. The number of amides is 1. The molecule has 1 fully saturated rings. The van der Waals surface area contributed by atoms with Crippen LogP contribution in [-0.4, -0.2) is 59.4 Å². The van der Waals surface area contributed by atoms with Crippen molar-refractivity contribution in [3.05, 3.63) is 60.2 Å². The van der Waals surface area contributed by atoms with E-state index in [1.807, 2.05) is 17.0 Å². The van der Waals surface area contributed by atoms with Crippen molar-refractivity contribution < 1.29 is 9.21 Å². The largest absolute Gasteiger partial charge is 0.459 e. The highest BCUT2D eigenvalue weighted by atomic mass is 127. The summed E-state index contributed by atoms with van der Waals surface area (Å²) >= 11 is 0. The summed E-state index contributed by atoms with van der Waals surface area (Å²) in [5, 5.41) is 4.57. The van der Waals surface area contributed by atoms with Gasteiger partial charge in [-0.05, 0) is 36.6 Å². The van der Waals surface area contributed by atoms with Crippen LogP contribution in [0.1, 0.15) is 23.2 Å². The maximum Gasteiger partial charge on any atom is 0.289 e. The van der Waals surface area contributed by atoms with Crippen LogP contribution in [0.25, 0.3) is 10.9 Å². The summed E-state index contributed by atoms with van der Waals surface area (Å²) in [6.07, 6.45) is 1.53. The Morgan fingerprint density at radius 3 is 2.59 bits per heavy atom. The van der Waals surface area contributed by atoms with Crippen LogP contribution in [-0.2, 0) is 6.54 Å². The smallest absolute Gasteiger partial charge is 0.289 e. The van der Waals surface area contributed by atoms with Gasteiger partial charge in [-0.15, -0.1) is 24.0 Å². The van der Waals surface area contributed by atoms with Gasteiger partial charge in [0.15, 0.2) is 11.7 Å². The summed E-state index contributed by atoms with van der Waals surface area (Å²) in [6, 6.07) is 13.8. The average Bonchev–Trinajstić information content (AvgIpc) is 3.40. The number of nitrogens with zero attached hydrogens (tertiary/aromatic N) is 3. The van der Waals surface area contributed by atoms with E-state index in [0.29, 0.717) is 25.4 Å². The Hall–Kier alpha value is -2.49. The van der Waals surface area contributed by atoms with Crippen molar-refractivity contribution in [3.8, 4) is 0 Å². The molecule has 0 aliphatic carbocycles. The number of piperazine rings is 1. The van der Waals surface area contributed by atoms with Gasteiger partial charge in [0.25, 0.3) is 5.91 Å². The lowest BCUT2D eigenvalue weighted by Crippen LogP contribution is -2.53. The predicted octanol–water partition coefficient (Wildman–Crippen LogP) is 3.30. The molecule has 0 unspecified atom stereocenters. The second-order valence-corrected chi connectivity index (χ2v) is 6.81. The lowest BCUT2D eigenvalue weighted by atomic mass is 10.2. The molecule has 1 saturated heterocycles. The number of benzene rings is 1. The lowest BCUT2D eigenvalue weighted by molar-refractivity contribution is 0.0657. The first-order valence-electron chi connectivity index (χ1n) is 9.67. The number of guanidine groups is 1. The Bertz CT molecular complexity index is 926. The predicted molar refractivity (Wildman–Crippen MR) is 125 cm³/mol. The maximum atomic E-state index is 12.4. The fourth-order valence-electron chi connectivity index (χ4n) is 3.48. The summed E-state index contributed by atoms with van der Waals surface area (Å²) in [5.41, 5.74) is 2.21. The summed E-state index contributed by atoms with van der Waals surface area (Å²) in [4.78, 5) is 24.7. The van der Waals surface area contributed by atoms with E-state index in [0.717, 1.165) is 36.8 Å². The molecule has 1 amide bonds. The SMILES string of the molecule is CCNC(=NCc1cc2ccccc2[nH]1)N1CCN(C(=O)c2ccco2)CC1.I. The molecule has 3 heterocycles. The van der Waals surface area contributed by atoms with E-state index in [1.165, 1.54) is 11.6 Å². The highest BCUT2D eigenvalue weighted by Crippen LogP contribution is 2.15. The van der Waals surface area contributed by atoms with Gasteiger partial charge in [0.2, 0.25) is 0 Å². The van der Waals surface area contributed by atoms with Crippen molar-refractivity contribution in [2.24, 2.45) is 4.99 Å². The highest BCUT2D eigenvalue weighted by molar-refractivity contribution is 14.0. The first kappa shape index (κ1) is 21.2. The molecule has 154 valence electrons. The van der Waals surface area contributed by atoms with E-state index in [1.54, 1.807) is 12.1 Å². The summed E-state index contributed by atoms with van der Waals surface area (Å²) < 4.78 is 5.23. The van der Waals surface area contributed by atoms with E-state index in [9.17, 15) is 4.79 Å². The maximum absolute atomic E-state index is 12.4. The normalized spacial score (nSPS) is 14.7. The molecule has 1 aliphatic rings. The van der Waals surface area contributed by atoms with Crippen molar-refractivity contribution in [2.75, 3.05) is 32.7 Å². The van der Waals surface area contributed by atoms with Gasteiger partial charge < -0.3 is 24.5 Å². The third-order valence-corrected chi connectivity index (χ3v) is 4.92. The number of aromatic nitrogens is 1.